The lowest BCUT2D eigenvalue weighted by Gasteiger charge is -2.18. The summed E-state index contributed by atoms with van der Waals surface area (Å²) in [5, 5.41) is 10.4. The zero-order chi connectivity index (χ0) is 30.1. The molecule has 238 valence electrons. The zero-order valence-electron chi connectivity index (χ0n) is 26.6. The van der Waals surface area contributed by atoms with Crippen molar-refractivity contribution in [3.63, 3.8) is 0 Å². The molecule has 7 heteroatoms. The van der Waals surface area contributed by atoms with Crippen LogP contribution in [-0.2, 0) is 16.0 Å². The number of nitrogens with one attached hydrogen (secondary N) is 4. The molecule has 2 aromatic rings. The monoisotopic (exact) mass is 583 g/mol. The molecule has 1 heterocycles. The molecule has 0 spiro atoms. The number of H-pyrrole nitrogens is 1. The third-order valence-electron chi connectivity index (χ3n) is 8.17. The first-order valence-corrected chi connectivity index (χ1v) is 17.2. The lowest BCUT2D eigenvalue weighted by molar-refractivity contribution is -0.128. The summed E-state index contributed by atoms with van der Waals surface area (Å²) in [5.74, 6) is -0.267. The van der Waals surface area contributed by atoms with Gasteiger partial charge in [0.2, 0.25) is 11.8 Å². The molecule has 0 bridgehead atoms. The van der Waals surface area contributed by atoms with Crippen LogP contribution < -0.4 is 21.7 Å². The summed E-state index contributed by atoms with van der Waals surface area (Å²) in [4.78, 5) is 28.8. The van der Waals surface area contributed by atoms with E-state index in [1.54, 1.807) is 0 Å². The molecule has 0 saturated heterocycles. The van der Waals surface area contributed by atoms with Gasteiger partial charge < -0.3 is 26.7 Å². The Kier molecular flexibility index (Phi) is 20.6. The summed E-state index contributed by atoms with van der Waals surface area (Å²) >= 11 is 0. The van der Waals surface area contributed by atoms with Crippen LogP contribution in [0.1, 0.15) is 128 Å². The first kappa shape index (κ1) is 35.8. The molecular formula is C35H61N5O2. The van der Waals surface area contributed by atoms with Crippen LogP contribution in [0.15, 0.2) is 30.5 Å². The topological polar surface area (TPSA) is 112 Å². The summed E-state index contributed by atoms with van der Waals surface area (Å²) < 4.78 is 0. The van der Waals surface area contributed by atoms with E-state index < -0.39 is 6.04 Å². The van der Waals surface area contributed by atoms with Crippen LogP contribution in [0, 0.1) is 0 Å². The molecule has 42 heavy (non-hydrogen) atoms. The summed E-state index contributed by atoms with van der Waals surface area (Å²) in [5.41, 5.74) is 7.62. The first-order valence-electron chi connectivity index (χ1n) is 17.2. The van der Waals surface area contributed by atoms with Gasteiger partial charge in [0.25, 0.3) is 0 Å². The number of carbonyl (C=O) groups is 2. The third kappa shape index (κ3) is 16.3. The molecule has 0 fully saturated rings. The number of hydrogen-bond acceptors (Lipinski definition) is 4. The van der Waals surface area contributed by atoms with Crippen molar-refractivity contribution in [3.05, 3.63) is 36.0 Å². The first-order chi connectivity index (χ1) is 20.7. The fourth-order valence-corrected chi connectivity index (χ4v) is 5.56. The van der Waals surface area contributed by atoms with E-state index in [2.05, 4.69) is 27.9 Å². The molecule has 6 N–H and O–H groups in total. The van der Waals surface area contributed by atoms with E-state index in [0.29, 0.717) is 38.9 Å². The highest BCUT2D eigenvalue weighted by atomic mass is 16.2. The van der Waals surface area contributed by atoms with Gasteiger partial charge in [0, 0.05) is 43.0 Å². The second-order valence-electron chi connectivity index (χ2n) is 11.9. The number of para-hydroxylation sites is 1. The van der Waals surface area contributed by atoms with Crippen molar-refractivity contribution < 1.29 is 9.59 Å². The van der Waals surface area contributed by atoms with Gasteiger partial charge in [-0.3, -0.25) is 9.59 Å². The van der Waals surface area contributed by atoms with Crippen molar-refractivity contribution in [2.45, 2.75) is 135 Å². The Morgan fingerprint density at radius 3 is 1.98 bits per heavy atom. The Labute approximate surface area is 255 Å². The van der Waals surface area contributed by atoms with Gasteiger partial charge in [-0.2, -0.15) is 0 Å². The molecule has 1 atom stereocenters. The summed E-state index contributed by atoms with van der Waals surface area (Å²) in [7, 11) is 0. The van der Waals surface area contributed by atoms with Crippen LogP contribution in [0.2, 0.25) is 0 Å². The van der Waals surface area contributed by atoms with Gasteiger partial charge in [-0.05, 0) is 37.6 Å². The van der Waals surface area contributed by atoms with E-state index in [0.717, 1.165) is 29.4 Å². The highest BCUT2D eigenvalue weighted by molar-refractivity contribution is 5.89. The van der Waals surface area contributed by atoms with Gasteiger partial charge in [0.1, 0.15) is 6.04 Å². The normalized spacial score (nSPS) is 12.0. The molecule has 0 aliphatic carbocycles. The molecule has 0 unspecified atom stereocenters. The number of rotatable bonds is 27. The van der Waals surface area contributed by atoms with Crippen molar-refractivity contribution >= 4 is 22.7 Å². The number of aromatic amines is 1. The van der Waals surface area contributed by atoms with E-state index >= 15 is 0 Å². The second-order valence-corrected chi connectivity index (χ2v) is 11.9. The van der Waals surface area contributed by atoms with Crippen LogP contribution in [-0.4, -0.2) is 49.0 Å². The van der Waals surface area contributed by atoms with E-state index in [-0.39, 0.29) is 11.8 Å². The SMILES string of the molecule is CCCCCCCCCCCCCCCCCCNCCC(=O)N[C@@H](Cc1c[nH]c2ccccc12)C(=O)NCCCN. The van der Waals surface area contributed by atoms with Crippen molar-refractivity contribution in [1.82, 2.24) is 20.9 Å². The third-order valence-corrected chi connectivity index (χ3v) is 8.17. The second kappa shape index (κ2) is 24.1. The Hall–Kier alpha value is -2.38. The smallest absolute Gasteiger partial charge is 0.242 e. The predicted molar refractivity (Wildman–Crippen MR) is 178 cm³/mol. The standard InChI is InChI=1S/C35H61N5O2/c1-2-3-4-5-6-7-8-9-10-11-12-13-14-15-16-19-25-37-27-23-34(41)40-33(35(42)38-26-20-24-36)28-30-29-39-32-22-18-17-21-31(30)32/h17-18,21-22,29,33,37,39H,2-16,19-20,23-28,36H2,1H3,(H,38,42)(H,40,41)/t33-/m0/s1. The fraction of sp³-hybridized carbons (Fsp3) is 0.714. The summed E-state index contributed by atoms with van der Waals surface area (Å²) in [6.45, 7) is 4.87. The Morgan fingerprint density at radius 2 is 1.36 bits per heavy atom. The molecule has 0 saturated carbocycles. The highest BCUT2D eigenvalue weighted by Crippen LogP contribution is 2.19. The number of benzene rings is 1. The highest BCUT2D eigenvalue weighted by Gasteiger charge is 2.22. The molecule has 0 aliphatic heterocycles. The Bertz CT molecular complexity index is 960. The number of hydrogen-bond donors (Lipinski definition) is 5. The maximum Gasteiger partial charge on any atom is 0.242 e. The largest absolute Gasteiger partial charge is 0.361 e. The molecule has 0 aliphatic rings. The zero-order valence-corrected chi connectivity index (χ0v) is 26.6. The van der Waals surface area contributed by atoms with E-state index in [9.17, 15) is 9.59 Å². The average molecular weight is 584 g/mol. The minimum Gasteiger partial charge on any atom is -0.361 e. The molecule has 1 aromatic carbocycles. The average Bonchev–Trinajstić information content (AvgIpc) is 3.40. The van der Waals surface area contributed by atoms with E-state index in [1.165, 1.54) is 96.3 Å². The summed E-state index contributed by atoms with van der Waals surface area (Å²) in [6, 6.07) is 7.40. The number of aromatic nitrogens is 1. The number of nitrogens with two attached hydrogens (primary N) is 1. The molecule has 2 amide bonds. The van der Waals surface area contributed by atoms with Crippen molar-refractivity contribution in [3.8, 4) is 0 Å². The van der Waals surface area contributed by atoms with Crippen LogP contribution in [0.3, 0.4) is 0 Å². The predicted octanol–water partition coefficient (Wildman–Crippen LogP) is 6.90. The molecule has 7 nitrogen and oxygen atoms in total. The molecule has 0 radical (unpaired) electrons. The number of fused-ring (bicyclic) bond motifs is 1. The summed E-state index contributed by atoms with van der Waals surface area (Å²) in [6.07, 6.45) is 25.3. The minimum atomic E-state index is -0.616. The fourth-order valence-electron chi connectivity index (χ4n) is 5.56. The van der Waals surface area contributed by atoms with Crippen LogP contribution in [0.5, 0.6) is 0 Å². The Morgan fingerprint density at radius 1 is 0.762 bits per heavy atom. The molecule has 1 aromatic heterocycles. The molecular weight excluding hydrogens is 522 g/mol. The van der Waals surface area contributed by atoms with Gasteiger partial charge in [0.15, 0.2) is 0 Å². The minimum absolute atomic E-state index is 0.103. The quantitative estimate of drug-likeness (QED) is 0.0736. The van der Waals surface area contributed by atoms with Gasteiger partial charge in [-0.1, -0.05) is 121 Å². The molecule has 2 rings (SSSR count). The maximum absolute atomic E-state index is 12.9. The van der Waals surface area contributed by atoms with Crippen LogP contribution in [0.25, 0.3) is 10.9 Å². The number of amides is 2. The van der Waals surface area contributed by atoms with Gasteiger partial charge in [0.05, 0.1) is 0 Å². The van der Waals surface area contributed by atoms with Crippen molar-refractivity contribution in [2.24, 2.45) is 5.73 Å². The van der Waals surface area contributed by atoms with E-state index in [4.69, 9.17) is 5.73 Å². The van der Waals surface area contributed by atoms with Gasteiger partial charge in [-0.15, -0.1) is 0 Å². The Balaban J connectivity index is 1.50. The maximum atomic E-state index is 12.9. The van der Waals surface area contributed by atoms with Crippen molar-refractivity contribution in [1.29, 1.82) is 0 Å². The lowest BCUT2D eigenvalue weighted by Crippen LogP contribution is -2.48. The number of unbranched alkanes of at least 4 members (excludes halogenated alkanes) is 15. The van der Waals surface area contributed by atoms with E-state index in [1.807, 2.05) is 30.5 Å². The van der Waals surface area contributed by atoms with Gasteiger partial charge >= 0.3 is 0 Å². The van der Waals surface area contributed by atoms with Crippen LogP contribution in [0.4, 0.5) is 0 Å². The number of carbonyl (C=O) groups excluding carboxylic acids is 2. The van der Waals surface area contributed by atoms with Crippen LogP contribution >= 0.6 is 0 Å². The van der Waals surface area contributed by atoms with Crippen molar-refractivity contribution in [2.75, 3.05) is 26.2 Å². The lowest BCUT2D eigenvalue weighted by atomic mass is 10.0. The van der Waals surface area contributed by atoms with Gasteiger partial charge in [-0.25, -0.2) is 0 Å².